The fourth-order valence-corrected chi connectivity index (χ4v) is 4.93. The zero-order valence-corrected chi connectivity index (χ0v) is 18.8. The summed E-state index contributed by atoms with van der Waals surface area (Å²) in [6.45, 7) is 4.51. The summed E-state index contributed by atoms with van der Waals surface area (Å²) in [5.41, 5.74) is 2.14. The first kappa shape index (κ1) is 21.5. The lowest BCUT2D eigenvalue weighted by atomic mass is 9.95. The first-order valence-electron chi connectivity index (χ1n) is 10.9. The molecule has 1 saturated carbocycles. The molecule has 1 heterocycles. The van der Waals surface area contributed by atoms with Crippen molar-refractivity contribution in [1.82, 2.24) is 5.32 Å². The number of carbonyl (C=O) groups excluding carboxylic acids is 2. The Balaban J connectivity index is 1.64. The van der Waals surface area contributed by atoms with Crippen LogP contribution in [0.3, 0.4) is 0 Å². The second-order valence-electron chi connectivity index (χ2n) is 7.97. The summed E-state index contributed by atoms with van der Waals surface area (Å²) in [6, 6.07) is 15.3. The van der Waals surface area contributed by atoms with Gasteiger partial charge in [0.15, 0.2) is 0 Å². The summed E-state index contributed by atoms with van der Waals surface area (Å²) < 4.78 is 5.49. The lowest BCUT2D eigenvalue weighted by Gasteiger charge is -2.24. The van der Waals surface area contributed by atoms with E-state index in [4.69, 9.17) is 4.74 Å². The lowest BCUT2D eigenvalue weighted by molar-refractivity contribution is -0.120. The molecule has 31 heavy (non-hydrogen) atoms. The summed E-state index contributed by atoms with van der Waals surface area (Å²) in [7, 11) is 0. The highest BCUT2D eigenvalue weighted by molar-refractivity contribution is 8.04. The Labute approximate surface area is 187 Å². The average molecular weight is 437 g/mol. The maximum Gasteiger partial charge on any atom is 0.282 e. The molecule has 0 spiro atoms. The number of amides is 2. The van der Waals surface area contributed by atoms with E-state index in [0.29, 0.717) is 28.6 Å². The van der Waals surface area contributed by atoms with Crippen LogP contribution < -0.4 is 15.0 Å². The average Bonchev–Trinajstić information content (AvgIpc) is 3.01. The molecule has 0 radical (unpaired) electrons. The van der Waals surface area contributed by atoms with E-state index in [0.717, 1.165) is 36.1 Å². The van der Waals surface area contributed by atoms with E-state index < -0.39 is 0 Å². The van der Waals surface area contributed by atoms with Crippen molar-refractivity contribution in [1.29, 1.82) is 0 Å². The van der Waals surface area contributed by atoms with Gasteiger partial charge in [0.05, 0.1) is 12.3 Å². The Kier molecular flexibility index (Phi) is 6.66. The number of benzene rings is 2. The highest BCUT2D eigenvalue weighted by atomic mass is 32.2. The molecule has 1 fully saturated rings. The van der Waals surface area contributed by atoms with E-state index in [1.165, 1.54) is 23.1 Å². The Morgan fingerprint density at radius 1 is 0.968 bits per heavy atom. The van der Waals surface area contributed by atoms with E-state index in [9.17, 15) is 9.59 Å². The highest BCUT2D eigenvalue weighted by Gasteiger charge is 2.41. The molecule has 0 atom stereocenters. The van der Waals surface area contributed by atoms with Gasteiger partial charge in [-0.05, 0) is 63.1 Å². The zero-order valence-electron chi connectivity index (χ0n) is 18.0. The van der Waals surface area contributed by atoms with Crippen LogP contribution in [0.1, 0.15) is 44.6 Å². The van der Waals surface area contributed by atoms with E-state index in [-0.39, 0.29) is 17.9 Å². The van der Waals surface area contributed by atoms with Gasteiger partial charge in [-0.25, -0.2) is 4.90 Å². The first-order chi connectivity index (χ1) is 15.1. The number of carbonyl (C=O) groups is 2. The van der Waals surface area contributed by atoms with Crippen LogP contribution in [0.25, 0.3) is 0 Å². The molecular weight excluding hydrogens is 408 g/mol. The van der Waals surface area contributed by atoms with Gasteiger partial charge in [0.2, 0.25) is 0 Å². The van der Waals surface area contributed by atoms with Gasteiger partial charge in [-0.2, -0.15) is 0 Å². The predicted molar refractivity (Wildman–Crippen MR) is 124 cm³/mol. The maximum atomic E-state index is 13.4. The number of hydrogen-bond acceptors (Lipinski definition) is 5. The fourth-order valence-electron chi connectivity index (χ4n) is 4.00. The molecule has 2 amide bonds. The van der Waals surface area contributed by atoms with Gasteiger partial charge in [-0.15, -0.1) is 0 Å². The molecule has 162 valence electrons. The number of nitrogens with one attached hydrogen (secondary N) is 1. The molecule has 0 aromatic heterocycles. The molecule has 2 aromatic carbocycles. The molecule has 0 saturated heterocycles. The zero-order chi connectivity index (χ0) is 21.8. The summed E-state index contributed by atoms with van der Waals surface area (Å²) in [5.74, 6) is 0.153. The van der Waals surface area contributed by atoms with Crippen molar-refractivity contribution in [2.24, 2.45) is 0 Å². The number of aryl methyl sites for hydroxylation is 1. The Morgan fingerprint density at radius 2 is 1.65 bits per heavy atom. The van der Waals surface area contributed by atoms with Gasteiger partial charge in [0.1, 0.15) is 16.4 Å². The van der Waals surface area contributed by atoms with Crippen molar-refractivity contribution in [3.8, 4) is 5.75 Å². The minimum atomic E-state index is -0.283. The highest BCUT2D eigenvalue weighted by Crippen LogP contribution is 2.37. The van der Waals surface area contributed by atoms with Crippen molar-refractivity contribution in [3.05, 3.63) is 64.7 Å². The third-order valence-corrected chi connectivity index (χ3v) is 6.73. The SMILES string of the molecule is CCOc1ccc(N2C(=O)C(NC3CCCCC3)=C(Sc3ccc(C)cc3)C2=O)cc1. The summed E-state index contributed by atoms with van der Waals surface area (Å²) in [4.78, 5) is 29.5. The Morgan fingerprint density at radius 3 is 2.29 bits per heavy atom. The number of rotatable bonds is 7. The Hall–Kier alpha value is -2.73. The predicted octanol–water partition coefficient (Wildman–Crippen LogP) is 5.19. The van der Waals surface area contributed by atoms with Gasteiger partial charge in [-0.3, -0.25) is 9.59 Å². The van der Waals surface area contributed by atoms with Crippen LogP contribution in [0.15, 0.2) is 64.0 Å². The molecule has 2 aromatic rings. The summed E-state index contributed by atoms with van der Waals surface area (Å²) >= 11 is 1.36. The van der Waals surface area contributed by atoms with E-state index in [2.05, 4.69) is 5.32 Å². The molecule has 0 unspecified atom stereocenters. The van der Waals surface area contributed by atoms with Crippen molar-refractivity contribution in [2.45, 2.75) is 56.9 Å². The topological polar surface area (TPSA) is 58.6 Å². The third kappa shape index (κ3) is 4.79. The summed E-state index contributed by atoms with van der Waals surface area (Å²) in [5, 5.41) is 3.43. The number of imide groups is 1. The summed E-state index contributed by atoms with van der Waals surface area (Å²) in [6.07, 6.45) is 5.58. The van der Waals surface area contributed by atoms with Crippen LogP contribution in [0.2, 0.25) is 0 Å². The van der Waals surface area contributed by atoms with Crippen LogP contribution >= 0.6 is 11.8 Å². The monoisotopic (exact) mass is 436 g/mol. The van der Waals surface area contributed by atoms with Crippen molar-refractivity contribution >= 4 is 29.3 Å². The van der Waals surface area contributed by atoms with Crippen LogP contribution in [0.4, 0.5) is 5.69 Å². The molecular formula is C25H28N2O3S. The number of hydrogen-bond donors (Lipinski definition) is 1. The minimum Gasteiger partial charge on any atom is -0.494 e. The maximum absolute atomic E-state index is 13.4. The second kappa shape index (κ2) is 9.60. The molecule has 2 aliphatic rings. The number of anilines is 1. The number of ether oxygens (including phenoxy) is 1. The first-order valence-corrected chi connectivity index (χ1v) is 11.8. The van der Waals surface area contributed by atoms with Crippen molar-refractivity contribution < 1.29 is 14.3 Å². The fraction of sp³-hybridized carbons (Fsp3) is 0.360. The molecule has 6 heteroatoms. The van der Waals surface area contributed by atoms with Crippen LogP contribution in [-0.4, -0.2) is 24.5 Å². The Bertz CT molecular complexity index is 977. The molecule has 0 bridgehead atoms. The quantitative estimate of drug-likeness (QED) is 0.605. The van der Waals surface area contributed by atoms with Crippen LogP contribution in [0.5, 0.6) is 5.75 Å². The smallest absolute Gasteiger partial charge is 0.282 e. The van der Waals surface area contributed by atoms with Gasteiger partial charge in [0, 0.05) is 10.9 Å². The van der Waals surface area contributed by atoms with Gasteiger partial charge in [-0.1, -0.05) is 48.7 Å². The molecule has 1 N–H and O–H groups in total. The van der Waals surface area contributed by atoms with Crippen LogP contribution in [0, 0.1) is 6.92 Å². The van der Waals surface area contributed by atoms with Gasteiger partial charge in [0.25, 0.3) is 11.8 Å². The van der Waals surface area contributed by atoms with E-state index in [1.807, 2.05) is 38.1 Å². The lowest BCUT2D eigenvalue weighted by Crippen LogP contribution is -2.37. The van der Waals surface area contributed by atoms with Crippen molar-refractivity contribution in [2.75, 3.05) is 11.5 Å². The third-order valence-electron chi connectivity index (χ3n) is 5.64. The van der Waals surface area contributed by atoms with Crippen molar-refractivity contribution in [3.63, 3.8) is 0 Å². The van der Waals surface area contributed by atoms with E-state index in [1.54, 1.807) is 24.3 Å². The number of nitrogens with zero attached hydrogens (tertiary/aromatic N) is 1. The van der Waals surface area contributed by atoms with Gasteiger partial charge < -0.3 is 10.1 Å². The van der Waals surface area contributed by atoms with Crippen LogP contribution in [-0.2, 0) is 9.59 Å². The molecule has 5 nitrogen and oxygen atoms in total. The standard InChI is InChI=1S/C25H28N2O3S/c1-3-30-20-13-11-19(12-14-20)27-24(28)22(26-18-7-5-4-6-8-18)23(25(27)29)31-21-15-9-17(2)10-16-21/h9-16,18,26H,3-8H2,1-2H3. The second-order valence-corrected chi connectivity index (χ2v) is 9.05. The number of thioether (sulfide) groups is 1. The van der Waals surface area contributed by atoms with E-state index >= 15 is 0 Å². The molecule has 4 rings (SSSR count). The normalized spacial score (nSPS) is 17.4. The molecule has 1 aliphatic heterocycles. The van der Waals surface area contributed by atoms with Gasteiger partial charge >= 0.3 is 0 Å². The largest absolute Gasteiger partial charge is 0.494 e. The minimum absolute atomic E-state index is 0.231. The molecule has 1 aliphatic carbocycles.